The van der Waals surface area contributed by atoms with Crippen molar-refractivity contribution < 1.29 is 14.6 Å². The van der Waals surface area contributed by atoms with Crippen LogP contribution in [0.25, 0.3) is 0 Å². The fraction of sp³-hybridized carbons (Fsp3) is 0.562. The standard InChI is InChI=1S/C16H21NO3/c1-11(2)14(19)16-9-8-13(18)17(16)15(20-10-16)12-6-4-3-5-7-12/h3-7,11,14-15,19H,8-10H2,1-2H3/t14-,15+,16-/m1/s1. The first-order valence-corrected chi connectivity index (χ1v) is 7.23. The zero-order chi connectivity index (χ0) is 14.3. The number of ether oxygens (including phenoxy) is 1. The summed E-state index contributed by atoms with van der Waals surface area (Å²) < 4.78 is 5.90. The van der Waals surface area contributed by atoms with E-state index in [-0.39, 0.29) is 18.1 Å². The topological polar surface area (TPSA) is 49.8 Å². The molecule has 0 unspecified atom stereocenters. The Balaban J connectivity index is 1.97. The number of hydrogen-bond acceptors (Lipinski definition) is 3. The second-order valence-electron chi connectivity index (χ2n) is 6.13. The number of carbonyl (C=O) groups is 1. The molecule has 0 bridgehead atoms. The van der Waals surface area contributed by atoms with Gasteiger partial charge in [0.25, 0.3) is 0 Å². The predicted molar refractivity (Wildman–Crippen MR) is 74.8 cm³/mol. The molecule has 3 atom stereocenters. The van der Waals surface area contributed by atoms with Gasteiger partial charge in [-0.05, 0) is 12.3 Å². The number of rotatable bonds is 3. The molecule has 108 valence electrons. The summed E-state index contributed by atoms with van der Waals surface area (Å²) in [7, 11) is 0. The van der Waals surface area contributed by atoms with Crippen molar-refractivity contribution in [1.82, 2.24) is 4.90 Å². The van der Waals surface area contributed by atoms with E-state index in [1.54, 1.807) is 4.90 Å². The molecule has 3 rings (SSSR count). The SMILES string of the molecule is CC(C)[C@@H](O)[C@]12CCC(=O)N1[C@H](c1ccccc1)OC2. The largest absolute Gasteiger partial charge is 0.390 e. The molecule has 4 nitrogen and oxygen atoms in total. The maximum absolute atomic E-state index is 12.3. The van der Waals surface area contributed by atoms with Crippen molar-refractivity contribution >= 4 is 5.91 Å². The van der Waals surface area contributed by atoms with E-state index in [2.05, 4.69) is 0 Å². The lowest BCUT2D eigenvalue weighted by atomic mass is 9.84. The van der Waals surface area contributed by atoms with Crippen molar-refractivity contribution in [1.29, 1.82) is 0 Å². The molecule has 0 aliphatic carbocycles. The third-order valence-electron chi connectivity index (χ3n) is 4.51. The molecule has 2 fully saturated rings. The molecule has 1 N–H and O–H groups in total. The van der Waals surface area contributed by atoms with Crippen LogP contribution in [0.2, 0.25) is 0 Å². The van der Waals surface area contributed by atoms with Gasteiger partial charge in [0, 0.05) is 12.0 Å². The molecule has 0 spiro atoms. The van der Waals surface area contributed by atoms with Crippen LogP contribution in [0.1, 0.15) is 38.5 Å². The van der Waals surface area contributed by atoms with Crippen molar-refractivity contribution in [2.45, 2.75) is 44.6 Å². The van der Waals surface area contributed by atoms with Crippen molar-refractivity contribution in [2.24, 2.45) is 5.92 Å². The van der Waals surface area contributed by atoms with Gasteiger partial charge in [-0.3, -0.25) is 4.79 Å². The maximum Gasteiger partial charge on any atom is 0.225 e. The molecule has 2 aliphatic heterocycles. The molecule has 0 aromatic heterocycles. The van der Waals surface area contributed by atoms with Crippen LogP contribution in [-0.4, -0.2) is 34.2 Å². The van der Waals surface area contributed by atoms with E-state index < -0.39 is 11.6 Å². The van der Waals surface area contributed by atoms with E-state index in [9.17, 15) is 9.90 Å². The van der Waals surface area contributed by atoms with Crippen LogP contribution in [0, 0.1) is 5.92 Å². The number of fused-ring (bicyclic) bond motifs is 1. The molecule has 2 aliphatic rings. The Morgan fingerprint density at radius 3 is 2.70 bits per heavy atom. The summed E-state index contributed by atoms with van der Waals surface area (Å²) in [6.45, 7) is 4.38. The van der Waals surface area contributed by atoms with Gasteiger partial charge in [0.05, 0.1) is 18.2 Å². The fourth-order valence-electron chi connectivity index (χ4n) is 3.48. The van der Waals surface area contributed by atoms with Gasteiger partial charge >= 0.3 is 0 Å². The molecule has 0 saturated carbocycles. The third-order valence-corrected chi connectivity index (χ3v) is 4.51. The van der Waals surface area contributed by atoms with Gasteiger partial charge in [-0.25, -0.2) is 0 Å². The second kappa shape index (κ2) is 4.86. The number of hydrogen-bond donors (Lipinski definition) is 1. The smallest absolute Gasteiger partial charge is 0.225 e. The van der Waals surface area contributed by atoms with Crippen LogP contribution in [0.15, 0.2) is 30.3 Å². The summed E-state index contributed by atoms with van der Waals surface area (Å²) in [5.41, 5.74) is 0.423. The minimum absolute atomic E-state index is 0.0797. The maximum atomic E-state index is 12.3. The van der Waals surface area contributed by atoms with E-state index in [4.69, 9.17) is 4.74 Å². The summed E-state index contributed by atoms with van der Waals surface area (Å²) in [5.74, 6) is 0.178. The molecule has 2 heterocycles. The van der Waals surface area contributed by atoms with E-state index in [0.717, 1.165) is 5.56 Å². The third kappa shape index (κ3) is 1.86. The normalized spacial score (nSPS) is 30.9. The summed E-state index contributed by atoms with van der Waals surface area (Å²) in [4.78, 5) is 14.1. The van der Waals surface area contributed by atoms with E-state index >= 15 is 0 Å². The highest BCUT2D eigenvalue weighted by atomic mass is 16.5. The summed E-state index contributed by atoms with van der Waals surface area (Å²) in [6.07, 6.45) is 0.257. The van der Waals surface area contributed by atoms with E-state index in [0.29, 0.717) is 19.4 Å². The molecule has 2 saturated heterocycles. The van der Waals surface area contributed by atoms with Gasteiger partial charge < -0.3 is 14.7 Å². The van der Waals surface area contributed by atoms with Gasteiger partial charge in [0.2, 0.25) is 5.91 Å². The van der Waals surface area contributed by atoms with Gasteiger partial charge in [-0.1, -0.05) is 44.2 Å². The van der Waals surface area contributed by atoms with Crippen molar-refractivity contribution in [3.63, 3.8) is 0 Å². The van der Waals surface area contributed by atoms with Crippen molar-refractivity contribution in [3.05, 3.63) is 35.9 Å². The summed E-state index contributed by atoms with van der Waals surface area (Å²) in [5, 5.41) is 10.6. The second-order valence-corrected chi connectivity index (χ2v) is 6.13. The Labute approximate surface area is 119 Å². The van der Waals surface area contributed by atoms with Crippen molar-refractivity contribution in [3.8, 4) is 0 Å². The predicted octanol–water partition coefficient (Wildman–Crippen LogP) is 2.09. The Hall–Kier alpha value is -1.39. The lowest BCUT2D eigenvalue weighted by molar-refractivity contribution is -0.138. The first-order chi connectivity index (χ1) is 9.56. The first-order valence-electron chi connectivity index (χ1n) is 7.23. The lowest BCUT2D eigenvalue weighted by Crippen LogP contribution is -2.54. The fourth-order valence-corrected chi connectivity index (χ4v) is 3.48. The molecule has 1 aromatic carbocycles. The molecular formula is C16H21NO3. The zero-order valence-electron chi connectivity index (χ0n) is 12.0. The van der Waals surface area contributed by atoms with Gasteiger partial charge in [0.15, 0.2) is 6.23 Å². The quantitative estimate of drug-likeness (QED) is 0.919. The molecule has 1 amide bonds. The number of nitrogens with zero attached hydrogens (tertiary/aromatic N) is 1. The Bertz CT molecular complexity index is 502. The zero-order valence-corrected chi connectivity index (χ0v) is 12.0. The number of benzene rings is 1. The molecular weight excluding hydrogens is 254 g/mol. The number of aliphatic hydroxyl groups excluding tert-OH is 1. The Kier molecular flexibility index (Phi) is 3.30. The van der Waals surface area contributed by atoms with Gasteiger partial charge in [0.1, 0.15) is 0 Å². The summed E-state index contributed by atoms with van der Waals surface area (Å²) in [6, 6.07) is 9.76. The van der Waals surface area contributed by atoms with Crippen LogP contribution >= 0.6 is 0 Å². The van der Waals surface area contributed by atoms with Crippen LogP contribution < -0.4 is 0 Å². The highest BCUT2D eigenvalue weighted by Gasteiger charge is 2.58. The van der Waals surface area contributed by atoms with Crippen LogP contribution in [0.4, 0.5) is 0 Å². The van der Waals surface area contributed by atoms with E-state index in [1.165, 1.54) is 0 Å². The summed E-state index contributed by atoms with van der Waals surface area (Å²) >= 11 is 0. The number of amides is 1. The Morgan fingerprint density at radius 2 is 2.05 bits per heavy atom. The average molecular weight is 275 g/mol. The molecule has 0 radical (unpaired) electrons. The lowest BCUT2D eigenvalue weighted by Gasteiger charge is -2.38. The molecule has 1 aromatic rings. The van der Waals surface area contributed by atoms with Crippen LogP contribution in [-0.2, 0) is 9.53 Å². The highest BCUT2D eigenvalue weighted by molar-refractivity contribution is 5.80. The minimum Gasteiger partial charge on any atom is -0.390 e. The number of aliphatic hydroxyl groups is 1. The van der Waals surface area contributed by atoms with E-state index in [1.807, 2.05) is 44.2 Å². The number of carbonyl (C=O) groups excluding carboxylic acids is 1. The Morgan fingerprint density at radius 1 is 1.35 bits per heavy atom. The highest BCUT2D eigenvalue weighted by Crippen LogP contribution is 2.47. The average Bonchev–Trinajstić information content (AvgIpc) is 2.99. The van der Waals surface area contributed by atoms with Gasteiger partial charge in [-0.2, -0.15) is 0 Å². The van der Waals surface area contributed by atoms with Gasteiger partial charge in [-0.15, -0.1) is 0 Å². The monoisotopic (exact) mass is 275 g/mol. The first kappa shape index (κ1) is 13.6. The minimum atomic E-state index is -0.553. The molecule has 20 heavy (non-hydrogen) atoms. The van der Waals surface area contributed by atoms with Crippen LogP contribution in [0.5, 0.6) is 0 Å². The van der Waals surface area contributed by atoms with Crippen LogP contribution in [0.3, 0.4) is 0 Å². The van der Waals surface area contributed by atoms with Crippen molar-refractivity contribution in [2.75, 3.05) is 6.61 Å². The molecule has 4 heteroatoms.